The van der Waals surface area contributed by atoms with Crippen LogP contribution < -0.4 is 5.32 Å². The van der Waals surface area contributed by atoms with Crippen molar-refractivity contribution in [2.24, 2.45) is 0 Å². The molecule has 0 radical (unpaired) electrons. The molecule has 0 bridgehead atoms. The molecule has 0 spiro atoms. The smallest absolute Gasteiger partial charge is 0.387 e. The highest BCUT2D eigenvalue weighted by molar-refractivity contribution is 7.48. The van der Waals surface area contributed by atoms with E-state index in [0.717, 1.165) is 38.5 Å². The summed E-state index contributed by atoms with van der Waals surface area (Å²) in [6, 6.07) is 3.35. The minimum Gasteiger partial charge on any atom is -0.387 e. The molecule has 0 saturated heterocycles. The Kier molecular flexibility index (Phi) is 27.4. The monoisotopic (exact) mass is 569 g/mol. The van der Waals surface area contributed by atoms with Gasteiger partial charge in [-0.3, -0.25) is 13.6 Å². The van der Waals surface area contributed by atoms with Gasteiger partial charge in [-0.1, -0.05) is 109 Å². The molecular weight excluding hydrogens is 513 g/mol. The Morgan fingerprint density at radius 1 is 0.769 bits per heavy atom. The number of unbranched alkanes of at least 4 members (excludes halogenated alkanes) is 14. The molecule has 2 N–H and O–H groups in total. The summed E-state index contributed by atoms with van der Waals surface area (Å²) in [5, 5.41) is 31.6. The lowest BCUT2D eigenvalue weighted by Crippen LogP contribution is -2.43. The van der Waals surface area contributed by atoms with Crippen molar-refractivity contribution in [2.45, 2.75) is 142 Å². The summed E-state index contributed by atoms with van der Waals surface area (Å²) in [4.78, 5) is 0. The van der Waals surface area contributed by atoms with Gasteiger partial charge in [0, 0.05) is 0 Å². The van der Waals surface area contributed by atoms with Crippen LogP contribution in [0, 0.1) is 22.7 Å². The van der Waals surface area contributed by atoms with Crippen LogP contribution in [-0.2, 0) is 18.1 Å². The van der Waals surface area contributed by atoms with Gasteiger partial charge in [0.2, 0.25) is 0 Å². The maximum Gasteiger partial charge on any atom is 0.474 e. The summed E-state index contributed by atoms with van der Waals surface area (Å²) in [6.07, 6.45) is 22.6. The second-order valence-corrected chi connectivity index (χ2v) is 11.8. The first-order valence-electron chi connectivity index (χ1n) is 15.4. The highest BCUT2D eigenvalue weighted by Crippen LogP contribution is 2.49. The van der Waals surface area contributed by atoms with E-state index in [-0.39, 0.29) is 32.7 Å². The molecule has 0 aliphatic heterocycles. The van der Waals surface area contributed by atoms with E-state index in [1.807, 2.05) is 18.2 Å². The van der Waals surface area contributed by atoms with Gasteiger partial charge in [0.25, 0.3) is 0 Å². The fraction of sp³-hybridized carbons (Fsp3) is 0.867. The van der Waals surface area contributed by atoms with Crippen LogP contribution in [0.15, 0.2) is 12.2 Å². The van der Waals surface area contributed by atoms with Crippen molar-refractivity contribution in [3.63, 3.8) is 0 Å². The average molecular weight is 570 g/mol. The predicted molar refractivity (Wildman–Crippen MR) is 158 cm³/mol. The molecule has 8 nitrogen and oxygen atoms in total. The van der Waals surface area contributed by atoms with E-state index in [1.54, 1.807) is 6.08 Å². The van der Waals surface area contributed by atoms with Crippen molar-refractivity contribution in [3.8, 4) is 12.1 Å². The number of aliphatic hydroxyl groups is 1. The van der Waals surface area contributed by atoms with Crippen LogP contribution in [0.3, 0.4) is 0 Å². The van der Waals surface area contributed by atoms with Crippen molar-refractivity contribution in [3.05, 3.63) is 12.2 Å². The van der Waals surface area contributed by atoms with Gasteiger partial charge in [0.15, 0.2) is 0 Å². The van der Waals surface area contributed by atoms with Crippen LogP contribution in [0.2, 0.25) is 0 Å². The largest absolute Gasteiger partial charge is 0.474 e. The predicted octanol–water partition coefficient (Wildman–Crippen LogP) is 8.13. The summed E-state index contributed by atoms with van der Waals surface area (Å²) in [5.41, 5.74) is 0. The number of nitriles is 2. The van der Waals surface area contributed by atoms with Crippen LogP contribution in [-0.4, -0.2) is 43.6 Å². The zero-order valence-corrected chi connectivity index (χ0v) is 25.7. The molecule has 2 atom stereocenters. The molecule has 39 heavy (non-hydrogen) atoms. The molecule has 0 heterocycles. The molecule has 0 fully saturated rings. The number of hydrogen-bond acceptors (Lipinski definition) is 8. The van der Waals surface area contributed by atoms with E-state index in [9.17, 15) is 9.67 Å². The lowest BCUT2D eigenvalue weighted by atomic mass is 10.0. The Balaban J connectivity index is 4.59. The van der Waals surface area contributed by atoms with Crippen LogP contribution >= 0.6 is 7.82 Å². The lowest BCUT2D eigenvalue weighted by Gasteiger charge is -2.25. The molecule has 0 aromatic rings. The molecule has 0 aromatic carbocycles. The Morgan fingerprint density at radius 2 is 1.26 bits per heavy atom. The number of aliphatic hydroxyl groups excluding tert-OH is 1. The highest BCUT2D eigenvalue weighted by Gasteiger charge is 2.29. The first kappa shape index (κ1) is 37.8. The van der Waals surface area contributed by atoms with Crippen LogP contribution in [0.1, 0.15) is 129 Å². The zero-order valence-electron chi connectivity index (χ0n) is 24.8. The topological polar surface area (TPSA) is 125 Å². The highest BCUT2D eigenvalue weighted by atomic mass is 31.2. The molecule has 0 aliphatic carbocycles. The van der Waals surface area contributed by atoms with E-state index in [0.29, 0.717) is 6.54 Å². The van der Waals surface area contributed by atoms with E-state index in [4.69, 9.17) is 24.1 Å². The maximum absolute atomic E-state index is 13.0. The van der Waals surface area contributed by atoms with E-state index < -0.39 is 20.0 Å². The maximum atomic E-state index is 13.0. The van der Waals surface area contributed by atoms with E-state index in [2.05, 4.69) is 19.2 Å². The number of nitrogens with one attached hydrogen (secondary N) is 1. The quantitative estimate of drug-likeness (QED) is 0.0525. The second kappa shape index (κ2) is 28.3. The number of allylic oxidation sites excluding steroid dienone is 1. The fourth-order valence-corrected chi connectivity index (χ4v) is 5.30. The molecule has 0 rings (SSSR count). The second-order valence-electron chi connectivity index (χ2n) is 10.1. The summed E-state index contributed by atoms with van der Waals surface area (Å²) < 4.78 is 29.0. The minimum absolute atomic E-state index is 0.0402. The first-order valence-corrected chi connectivity index (χ1v) is 16.8. The molecule has 0 aromatic heterocycles. The number of hydrogen-bond donors (Lipinski definition) is 2. The zero-order chi connectivity index (χ0) is 28.9. The standard InChI is InChI=1S/C30H56N3O5P/c1-3-5-7-9-10-11-12-13-14-15-16-17-18-22-30(34)29(33-25-19-8-6-4-2)28-38-39(35,36-26-20-23-31)37-27-21-24-32/h18,22,29-30,33-34H,3-17,19-21,25-28H2,1-2H3/b22-18+/t29-,30+/m1/s1. The van der Waals surface area contributed by atoms with E-state index >= 15 is 0 Å². The molecule has 0 aliphatic rings. The molecule has 9 heteroatoms. The SMILES string of the molecule is CCCCCCCCCCCCC/C=C/[C@H](O)[C@@H](COP(=O)(OCCC#N)OCCC#N)NCCCCCC. The van der Waals surface area contributed by atoms with E-state index in [1.165, 1.54) is 64.2 Å². The normalized spacial score (nSPS) is 13.4. The molecule has 0 saturated carbocycles. The van der Waals surface area contributed by atoms with Crippen molar-refractivity contribution in [1.82, 2.24) is 5.32 Å². The molecular formula is C30H56N3O5P. The van der Waals surface area contributed by atoms with Crippen LogP contribution in [0.4, 0.5) is 0 Å². The Bertz CT molecular complexity index is 684. The summed E-state index contributed by atoms with van der Waals surface area (Å²) >= 11 is 0. The molecule has 0 amide bonds. The van der Waals surface area contributed by atoms with Crippen molar-refractivity contribution in [2.75, 3.05) is 26.4 Å². The third-order valence-corrected chi connectivity index (χ3v) is 7.96. The van der Waals surface area contributed by atoms with Crippen molar-refractivity contribution in [1.29, 1.82) is 10.5 Å². The van der Waals surface area contributed by atoms with Crippen LogP contribution in [0.25, 0.3) is 0 Å². The van der Waals surface area contributed by atoms with Crippen molar-refractivity contribution >= 4 is 7.82 Å². The third kappa shape index (κ3) is 24.3. The third-order valence-electron chi connectivity index (χ3n) is 6.50. The Hall–Kier alpha value is -1.25. The van der Waals surface area contributed by atoms with Gasteiger partial charge >= 0.3 is 7.82 Å². The lowest BCUT2D eigenvalue weighted by molar-refractivity contribution is 0.0821. The summed E-state index contributed by atoms with van der Waals surface area (Å²) in [7, 11) is -3.96. The molecule has 0 unspecified atom stereocenters. The van der Waals surface area contributed by atoms with Crippen molar-refractivity contribution < 1.29 is 23.2 Å². The van der Waals surface area contributed by atoms with Gasteiger partial charge in [-0.05, 0) is 25.8 Å². The van der Waals surface area contributed by atoms with Gasteiger partial charge in [-0.15, -0.1) is 0 Å². The van der Waals surface area contributed by atoms with Gasteiger partial charge in [0.05, 0.1) is 56.9 Å². The number of rotatable bonds is 29. The number of phosphoric ester groups is 1. The van der Waals surface area contributed by atoms with Gasteiger partial charge in [0.1, 0.15) is 0 Å². The van der Waals surface area contributed by atoms with Gasteiger partial charge in [-0.2, -0.15) is 10.5 Å². The Morgan fingerprint density at radius 3 is 1.77 bits per heavy atom. The Labute approximate surface area is 239 Å². The number of nitrogens with zero attached hydrogens (tertiary/aromatic N) is 2. The summed E-state index contributed by atoms with van der Waals surface area (Å²) in [6.45, 7) is 4.82. The van der Waals surface area contributed by atoms with Gasteiger partial charge in [-0.25, -0.2) is 4.57 Å². The average Bonchev–Trinajstić information content (AvgIpc) is 2.93. The minimum atomic E-state index is -3.96. The fourth-order valence-electron chi connectivity index (χ4n) is 4.10. The summed E-state index contributed by atoms with van der Waals surface area (Å²) in [5.74, 6) is 0. The van der Waals surface area contributed by atoms with Crippen LogP contribution in [0.5, 0.6) is 0 Å². The number of phosphoric acid groups is 1. The van der Waals surface area contributed by atoms with Gasteiger partial charge < -0.3 is 10.4 Å². The first-order chi connectivity index (χ1) is 19.0. The molecule has 226 valence electrons.